The van der Waals surface area contributed by atoms with E-state index < -0.39 is 5.41 Å². The fourth-order valence-corrected chi connectivity index (χ4v) is 6.28. The zero-order chi connectivity index (χ0) is 23.2. The van der Waals surface area contributed by atoms with Gasteiger partial charge in [0.15, 0.2) is 0 Å². The van der Waals surface area contributed by atoms with E-state index >= 15 is 0 Å². The van der Waals surface area contributed by atoms with Crippen LogP contribution in [0.25, 0.3) is 0 Å². The van der Waals surface area contributed by atoms with Crippen molar-refractivity contribution in [3.63, 3.8) is 0 Å². The lowest BCUT2D eigenvalue weighted by Gasteiger charge is -2.34. The molecule has 1 unspecified atom stereocenters. The number of imide groups is 1. The van der Waals surface area contributed by atoms with Crippen LogP contribution in [0.5, 0.6) is 0 Å². The Bertz CT molecular complexity index is 1120. The highest BCUT2D eigenvalue weighted by Gasteiger charge is 2.56. The van der Waals surface area contributed by atoms with Crippen LogP contribution in [0.2, 0.25) is 5.02 Å². The number of hydrogen-bond acceptors (Lipinski definition) is 3. The van der Waals surface area contributed by atoms with E-state index in [1.54, 1.807) is 0 Å². The van der Waals surface area contributed by atoms with Gasteiger partial charge in [0.2, 0.25) is 17.7 Å². The molecule has 3 aliphatic rings. The van der Waals surface area contributed by atoms with Crippen LogP contribution in [0.3, 0.4) is 0 Å². The smallest absolute Gasteiger partial charge is 0.241 e. The van der Waals surface area contributed by atoms with E-state index in [0.717, 1.165) is 53.0 Å². The zero-order valence-corrected chi connectivity index (χ0v) is 19.7. The lowest BCUT2D eigenvalue weighted by atomic mass is 9.73. The summed E-state index contributed by atoms with van der Waals surface area (Å²) < 4.78 is 0. The highest BCUT2D eigenvalue weighted by Crippen LogP contribution is 2.44. The van der Waals surface area contributed by atoms with Crippen LogP contribution in [0, 0.1) is 6.92 Å². The quantitative estimate of drug-likeness (QED) is 0.623. The molecule has 33 heavy (non-hydrogen) atoms. The minimum Gasteiger partial charge on any atom is -0.338 e. The Morgan fingerprint density at radius 3 is 2.61 bits per heavy atom. The van der Waals surface area contributed by atoms with Gasteiger partial charge in [-0.15, -0.1) is 0 Å². The molecule has 5 nitrogen and oxygen atoms in total. The lowest BCUT2D eigenvalue weighted by Crippen LogP contribution is -2.46. The molecule has 1 aliphatic carbocycles. The van der Waals surface area contributed by atoms with Crippen LogP contribution in [0.4, 0.5) is 0 Å². The summed E-state index contributed by atoms with van der Waals surface area (Å²) >= 11 is 6.35. The molecular weight excluding hydrogens is 436 g/mol. The Morgan fingerprint density at radius 1 is 1.09 bits per heavy atom. The van der Waals surface area contributed by atoms with E-state index in [2.05, 4.69) is 0 Å². The lowest BCUT2D eigenvalue weighted by molar-refractivity contribution is -0.145. The molecule has 2 aromatic carbocycles. The standard InChI is InChI=1S/C27H29ClN2O3/c1-18-7-2-5-11-22(18)27(16-25(32)30(26(27)33)20-9-3-4-10-20)15-24(31)29-14-13-21-19(17-29)8-6-12-23(21)28/h2,5-8,11-12,20H,3-4,9-10,13-17H2,1H3. The predicted molar refractivity (Wildman–Crippen MR) is 127 cm³/mol. The topological polar surface area (TPSA) is 57.7 Å². The van der Waals surface area contributed by atoms with Crippen molar-refractivity contribution < 1.29 is 14.4 Å². The molecule has 1 atom stereocenters. The summed E-state index contributed by atoms with van der Waals surface area (Å²) in [7, 11) is 0. The second-order valence-corrected chi connectivity index (χ2v) is 10.1. The second kappa shape index (κ2) is 8.60. The Balaban J connectivity index is 1.47. The highest BCUT2D eigenvalue weighted by atomic mass is 35.5. The van der Waals surface area contributed by atoms with E-state index in [0.29, 0.717) is 19.5 Å². The molecule has 6 heteroatoms. The number of halogens is 1. The summed E-state index contributed by atoms with van der Waals surface area (Å²) in [5, 5.41) is 0.736. The number of likely N-dealkylation sites (tertiary alicyclic amines) is 1. The maximum atomic E-state index is 14.0. The van der Waals surface area contributed by atoms with Crippen molar-refractivity contribution in [3.05, 3.63) is 69.7 Å². The average molecular weight is 465 g/mol. The largest absolute Gasteiger partial charge is 0.338 e. The van der Waals surface area contributed by atoms with E-state index in [1.807, 2.05) is 54.3 Å². The van der Waals surface area contributed by atoms with Crippen LogP contribution >= 0.6 is 11.6 Å². The van der Waals surface area contributed by atoms with Gasteiger partial charge in [0.1, 0.15) is 0 Å². The molecule has 0 bridgehead atoms. The zero-order valence-electron chi connectivity index (χ0n) is 19.0. The van der Waals surface area contributed by atoms with Gasteiger partial charge in [0, 0.05) is 37.0 Å². The first kappa shape index (κ1) is 22.1. The monoisotopic (exact) mass is 464 g/mol. The highest BCUT2D eigenvalue weighted by molar-refractivity contribution is 6.31. The van der Waals surface area contributed by atoms with Crippen LogP contribution in [0.1, 0.15) is 60.8 Å². The third kappa shape index (κ3) is 3.76. The molecule has 0 spiro atoms. The molecule has 3 amide bonds. The number of carbonyl (C=O) groups excluding carboxylic acids is 3. The summed E-state index contributed by atoms with van der Waals surface area (Å²) in [4.78, 5) is 44.1. The number of hydrogen-bond donors (Lipinski definition) is 0. The third-order valence-corrected chi connectivity index (χ3v) is 8.07. The van der Waals surface area contributed by atoms with Crippen molar-refractivity contribution >= 4 is 29.3 Å². The number of rotatable bonds is 4. The van der Waals surface area contributed by atoms with Gasteiger partial charge < -0.3 is 4.90 Å². The normalized spacial score (nSPS) is 23.3. The fourth-order valence-electron chi connectivity index (χ4n) is 5.99. The SMILES string of the molecule is Cc1ccccc1C1(CC(=O)N2CCc3c(Cl)cccc3C2)CC(=O)N(C2CCCC2)C1=O. The number of carbonyl (C=O) groups is 3. The van der Waals surface area contributed by atoms with Crippen LogP contribution < -0.4 is 0 Å². The number of nitrogens with zero attached hydrogens (tertiary/aromatic N) is 2. The molecule has 2 aliphatic heterocycles. The first-order chi connectivity index (χ1) is 15.9. The Hall–Kier alpha value is -2.66. The van der Waals surface area contributed by atoms with Gasteiger partial charge in [-0.1, -0.05) is 60.8 Å². The average Bonchev–Trinajstić information content (AvgIpc) is 3.40. The van der Waals surface area contributed by atoms with E-state index in [1.165, 1.54) is 4.90 Å². The van der Waals surface area contributed by atoms with Gasteiger partial charge in [-0.05, 0) is 54.5 Å². The molecule has 5 rings (SSSR count). The first-order valence-corrected chi connectivity index (χ1v) is 12.2. The molecule has 0 aromatic heterocycles. The second-order valence-electron chi connectivity index (χ2n) is 9.70. The number of aryl methyl sites for hydroxylation is 1. The van der Waals surface area contributed by atoms with E-state index in [-0.39, 0.29) is 36.6 Å². The summed E-state index contributed by atoms with van der Waals surface area (Å²) in [5.74, 6) is -0.417. The minimum atomic E-state index is -1.13. The van der Waals surface area contributed by atoms with Gasteiger partial charge in [-0.25, -0.2) is 0 Å². The maximum Gasteiger partial charge on any atom is 0.241 e. The molecule has 172 valence electrons. The summed E-state index contributed by atoms with van der Waals surface area (Å²) in [5.41, 5.74) is 2.76. The Kier molecular flexibility index (Phi) is 5.77. The maximum absolute atomic E-state index is 14.0. The Morgan fingerprint density at radius 2 is 1.85 bits per heavy atom. The van der Waals surface area contributed by atoms with Crippen molar-refractivity contribution in [2.24, 2.45) is 0 Å². The number of fused-ring (bicyclic) bond motifs is 1. The number of benzene rings is 2. The van der Waals surface area contributed by atoms with Crippen LogP contribution in [0.15, 0.2) is 42.5 Å². The number of amides is 3. The van der Waals surface area contributed by atoms with E-state index in [4.69, 9.17) is 11.6 Å². The molecular formula is C27H29ClN2O3. The molecule has 1 saturated heterocycles. The van der Waals surface area contributed by atoms with Crippen molar-refractivity contribution in [2.45, 2.75) is 69.9 Å². The summed E-state index contributed by atoms with van der Waals surface area (Å²) in [6.07, 6.45) is 4.56. The van der Waals surface area contributed by atoms with E-state index in [9.17, 15) is 14.4 Å². The molecule has 2 fully saturated rings. The first-order valence-electron chi connectivity index (χ1n) is 11.9. The molecule has 2 aromatic rings. The van der Waals surface area contributed by atoms with Crippen molar-refractivity contribution in [3.8, 4) is 0 Å². The predicted octanol–water partition coefficient (Wildman–Crippen LogP) is 4.56. The van der Waals surface area contributed by atoms with Crippen LogP contribution in [-0.2, 0) is 32.8 Å². The Labute approximate surface area is 199 Å². The molecule has 0 radical (unpaired) electrons. The molecule has 0 N–H and O–H groups in total. The van der Waals surface area contributed by atoms with Gasteiger partial charge >= 0.3 is 0 Å². The van der Waals surface area contributed by atoms with Gasteiger partial charge in [-0.2, -0.15) is 0 Å². The fraction of sp³-hybridized carbons (Fsp3) is 0.444. The van der Waals surface area contributed by atoms with Gasteiger partial charge in [0.25, 0.3) is 0 Å². The van der Waals surface area contributed by atoms with Gasteiger partial charge in [-0.3, -0.25) is 19.3 Å². The molecule has 2 heterocycles. The summed E-state index contributed by atoms with van der Waals surface area (Å²) in [6.45, 7) is 3.00. The third-order valence-electron chi connectivity index (χ3n) is 7.71. The van der Waals surface area contributed by atoms with Crippen molar-refractivity contribution in [1.82, 2.24) is 9.80 Å². The van der Waals surface area contributed by atoms with Gasteiger partial charge in [0.05, 0.1) is 5.41 Å². The van der Waals surface area contributed by atoms with Crippen molar-refractivity contribution in [1.29, 1.82) is 0 Å². The molecule has 1 saturated carbocycles. The van der Waals surface area contributed by atoms with Crippen LogP contribution in [-0.4, -0.2) is 40.1 Å². The minimum absolute atomic E-state index is 0.0154. The summed E-state index contributed by atoms with van der Waals surface area (Å²) in [6, 6.07) is 13.4. The van der Waals surface area contributed by atoms with Crippen molar-refractivity contribution in [2.75, 3.05) is 6.54 Å².